The number of nitrogens with zero attached hydrogens (tertiary/aromatic N) is 3. The van der Waals surface area contributed by atoms with E-state index >= 15 is 0 Å². The molecule has 1 aromatic heterocycles. The fourth-order valence-electron chi connectivity index (χ4n) is 2.69. The average Bonchev–Trinajstić information content (AvgIpc) is 3.01. The molecule has 2 heterocycles. The van der Waals surface area contributed by atoms with Crippen LogP contribution in [0.4, 0.5) is 0 Å². The molecule has 1 aromatic rings. The Hall–Kier alpha value is -1.12. The topological polar surface area (TPSA) is 79.0 Å². The van der Waals surface area contributed by atoms with Crippen LogP contribution in [0.3, 0.4) is 0 Å². The molecule has 0 amide bonds. The van der Waals surface area contributed by atoms with E-state index in [2.05, 4.69) is 4.99 Å². The van der Waals surface area contributed by atoms with Gasteiger partial charge in [-0.05, 0) is 36.6 Å². The number of hydrogen-bond acceptors (Lipinski definition) is 4. The third-order valence-electron chi connectivity index (χ3n) is 4.31. The van der Waals surface area contributed by atoms with Crippen molar-refractivity contribution in [3.8, 4) is 0 Å². The van der Waals surface area contributed by atoms with Crippen LogP contribution in [0.5, 0.6) is 0 Å². The Morgan fingerprint density at radius 1 is 1.50 bits per heavy atom. The first-order chi connectivity index (χ1) is 10.5. The van der Waals surface area contributed by atoms with Crippen LogP contribution < -0.4 is 5.73 Å². The maximum atomic E-state index is 12.5. The summed E-state index contributed by atoms with van der Waals surface area (Å²) in [6, 6.07) is 3.97. The summed E-state index contributed by atoms with van der Waals surface area (Å²) in [5, 5.41) is 1.79. The Morgan fingerprint density at radius 3 is 2.91 bits per heavy atom. The molecule has 1 saturated carbocycles. The number of rotatable bonds is 5. The van der Waals surface area contributed by atoms with Crippen LogP contribution >= 0.6 is 11.3 Å². The molecule has 8 heteroatoms. The second-order valence-electron chi connectivity index (χ2n) is 5.99. The Labute approximate surface area is 135 Å². The summed E-state index contributed by atoms with van der Waals surface area (Å²) in [5.41, 5.74) is 5.98. The van der Waals surface area contributed by atoms with Crippen molar-refractivity contribution >= 4 is 27.3 Å². The van der Waals surface area contributed by atoms with Crippen molar-refractivity contribution in [2.24, 2.45) is 16.6 Å². The fraction of sp³-hybridized carbons (Fsp3) is 0.643. The summed E-state index contributed by atoms with van der Waals surface area (Å²) in [6.07, 6.45) is 3.21. The maximum Gasteiger partial charge on any atom is 0.252 e. The van der Waals surface area contributed by atoms with Crippen molar-refractivity contribution in [3.63, 3.8) is 0 Å². The SMILES string of the molecule is CN(C(N)=NCC1CCN(S(=O)(=O)c2cccs2)C1)C1CC1. The first-order valence-corrected chi connectivity index (χ1v) is 9.87. The molecule has 2 N–H and O–H groups in total. The van der Waals surface area contributed by atoms with Gasteiger partial charge in [-0.3, -0.25) is 4.99 Å². The molecular formula is C14H22N4O2S2. The number of nitrogens with two attached hydrogens (primary N) is 1. The van der Waals surface area contributed by atoms with Gasteiger partial charge in [-0.2, -0.15) is 4.31 Å². The smallest absolute Gasteiger partial charge is 0.252 e. The lowest BCUT2D eigenvalue weighted by atomic mass is 10.1. The molecule has 0 radical (unpaired) electrons. The van der Waals surface area contributed by atoms with Gasteiger partial charge in [-0.25, -0.2) is 8.42 Å². The molecule has 0 spiro atoms. The standard InChI is InChI=1S/C14H22N4O2S2/c1-17(12-4-5-12)14(15)16-9-11-6-7-18(10-11)22(19,20)13-3-2-8-21-13/h2-3,8,11-12H,4-7,9-10H2,1H3,(H2,15,16). The third-order valence-corrected chi connectivity index (χ3v) is 7.54. The van der Waals surface area contributed by atoms with Gasteiger partial charge in [0, 0.05) is 32.7 Å². The molecule has 22 heavy (non-hydrogen) atoms. The Morgan fingerprint density at radius 2 is 2.27 bits per heavy atom. The van der Waals surface area contributed by atoms with Crippen molar-refractivity contribution < 1.29 is 8.42 Å². The highest BCUT2D eigenvalue weighted by Crippen LogP contribution is 2.27. The van der Waals surface area contributed by atoms with Crippen LogP contribution in [0.1, 0.15) is 19.3 Å². The minimum absolute atomic E-state index is 0.251. The molecule has 0 bridgehead atoms. The van der Waals surface area contributed by atoms with Crippen molar-refractivity contribution in [1.29, 1.82) is 0 Å². The normalized spacial score (nSPS) is 23.9. The van der Waals surface area contributed by atoms with Crippen LogP contribution in [0.15, 0.2) is 26.7 Å². The molecule has 0 aromatic carbocycles. The van der Waals surface area contributed by atoms with Crippen molar-refractivity contribution in [2.75, 3.05) is 26.7 Å². The quantitative estimate of drug-likeness (QED) is 0.643. The Kier molecular flexibility index (Phi) is 4.42. The van der Waals surface area contributed by atoms with Gasteiger partial charge < -0.3 is 10.6 Å². The minimum atomic E-state index is -3.32. The van der Waals surface area contributed by atoms with E-state index in [9.17, 15) is 8.42 Å². The van der Waals surface area contributed by atoms with E-state index in [1.54, 1.807) is 21.8 Å². The lowest BCUT2D eigenvalue weighted by Crippen LogP contribution is -2.36. The summed E-state index contributed by atoms with van der Waals surface area (Å²) in [7, 11) is -1.35. The van der Waals surface area contributed by atoms with E-state index < -0.39 is 10.0 Å². The van der Waals surface area contributed by atoms with Gasteiger partial charge in [-0.15, -0.1) is 11.3 Å². The number of thiophene rings is 1. The Balaban J connectivity index is 1.57. The third kappa shape index (κ3) is 3.28. The van der Waals surface area contributed by atoms with E-state index in [-0.39, 0.29) is 5.92 Å². The van der Waals surface area contributed by atoms with Gasteiger partial charge in [-0.1, -0.05) is 6.07 Å². The summed E-state index contributed by atoms with van der Waals surface area (Å²) in [4.78, 5) is 6.47. The van der Waals surface area contributed by atoms with Gasteiger partial charge in [0.1, 0.15) is 4.21 Å². The van der Waals surface area contributed by atoms with Crippen LogP contribution in [0, 0.1) is 5.92 Å². The molecule has 2 fully saturated rings. The zero-order valence-electron chi connectivity index (χ0n) is 12.7. The van der Waals surface area contributed by atoms with Gasteiger partial charge in [0.05, 0.1) is 0 Å². The van der Waals surface area contributed by atoms with E-state index in [1.807, 2.05) is 11.9 Å². The average molecular weight is 342 g/mol. The molecule has 1 aliphatic carbocycles. The summed E-state index contributed by atoms with van der Waals surface area (Å²) >= 11 is 1.27. The molecule has 1 atom stereocenters. The van der Waals surface area contributed by atoms with Crippen LogP contribution in [0.2, 0.25) is 0 Å². The number of guanidine groups is 1. The van der Waals surface area contributed by atoms with Crippen molar-refractivity contribution in [1.82, 2.24) is 9.21 Å². The van der Waals surface area contributed by atoms with E-state index in [0.717, 1.165) is 6.42 Å². The first kappa shape index (κ1) is 15.8. The second-order valence-corrected chi connectivity index (χ2v) is 9.10. The maximum absolute atomic E-state index is 12.5. The highest BCUT2D eigenvalue weighted by atomic mass is 32.2. The monoisotopic (exact) mass is 342 g/mol. The molecule has 2 aliphatic rings. The minimum Gasteiger partial charge on any atom is -0.370 e. The largest absolute Gasteiger partial charge is 0.370 e. The van der Waals surface area contributed by atoms with E-state index in [1.165, 1.54) is 24.2 Å². The van der Waals surface area contributed by atoms with Crippen molar-refractivity contribution in [2.45, 2.75) is 29.5 Å². The zero-order valence-corrected chi connectivity index (χ0v) is 14.3. The van der Waals surface area contributed by atoms with Gasteiger partial charge in [0.15, 0.2) is 5.96 Å². The molecular weight excluding hydrogens is 320 g/mol. The number of aliphatic imine (C=N–C) groups is 1. The summed E-state index contributed by atoms with van der Waals surface area (Å²) < 4.78 is 26.9. The second kappa shape index (κ2) is 6.17. The molecule has 1 unspecified atom stereocenters. The lowest BCUT2D eigenvalue weighted by Gasteiger charge is -2.18. The van der Waals surface area contributed by atoms with E-state index in [4.69, 9.17) is 5.73 Å². The highest BCUT2D eigenvalue weighted by molar-refractivity contribution is 7.91. The van der Waals surface area contributed by atoms with Crippen molar-refractivity contribution in [3.05, 3.63) is 17.5 Å². The molecule has 3 rings (SSSR count). The fourth-order valence-corrected chi connectivity index (χ4v) is 5.36. The molecule has 1 saturated heterocycles. The van der Waals surface area contributed by atoms with Gasteiger partial charge >= 0.3 is 0 Å². The zero-order chi connectivity index (χ0) is 15.7. The predicted octanol–water partition coefficient (Wildman–Crippen LogP) is 1.17. The Bertz CT molecular complexity index is 638. The molecule has 1 aliphatic heterocycles. The number of sulfonamides is 1. The highest BCUT2D eigenvalue weighted by Gasteiger charge is 2.33. The molecule has 122 valence electrons. The van der Waals surface area contributed by atoms with Gasteiger partial charge in [0.2, 0.25) is 0 Å². The molecule has 6 nitrogen and oxygen atoms in total. The summed E-state index contributed by atoms with van der Waals surface area (Å²) in [6.45, 7) is 1.70. The van der Waals surface area contributed by atoms with Gasteiger partial charge in [0.25, 0.3) is 10.0 Å². The predicted molar refractivity (Wildman–Crippen MR) is 88.5 cm³/mol. The van der Waals surface area contributed by atoms with Crippen LogP contribution in [-0.4, -0.2) is 56.3 Å². The van der Waals surface area contributed by atoms with Crippen LogP contribution in [0.25, 0.3) is 0 Å². The lowest BCUT2D eigenvalue weighted by molar-refractivity contribution is 0.456. The number of hydrogen-bond donors (Lipinski definition) is 1. The van der Waals surface area contributed by atoms with Crippen LogP contribution in [-0.2, 0) is 10.0 Å². The summed E-state index contributed by atoms with van der Waals surface area (Å²) in [5.74, 6) is 0.822. The first-order valence-electron chi connectivity index (χ1n) is 7.55. The van der Waals surface area contributed by atoms with E-state index in [0.29, 0.717) is 35.8 Å².